The fourth-order valence-corrected chi connectivity index (χ4v) is 1.88. The van der Waals surface area contributed by atoms with Crippen LogP contribution in [0.5, 0.6) is 0 Å². The van der Waals surface area contributed by atoms with E-state index < -0.39 is 5.97 Å². The van der Waals surface area contributed by atoms with E-state index >= 15 is 0 Å². The van der Waals surface area contributed by atoms with E-state index in [9.17, 15) is 4.79 Å². The summed E-state index contributed by atoms with van der Waals surface area (Å²) in [6, 6.07) is 1.67. The lowest BCUT2D eigenvalue weighted by Crippen LogP contribution is -2.19. The molecule has 4 nitrogen and oxygen atoms in total. The first-order valence-corrected chi connectivity index (χ1v) is 6.12. The number of pyridine rings is 1. The molecule has 1 unspecified atom stereocenters. The maximum Gasteiger partial charge on any atom is 0.337 e. The highest BCUT2D eigenvalue weighted by Gasteiger charge is 2.15. The van der Waals surface area contributed by atoms with Gasteiger partial charge in [-0.15, -0.1) is 0 Å². The van der Waals surface area contributed by atoms with Crippen LogP contribution in [0, 0.1) is 0 Å². The number of nitrogens with zero attached hydrogens (tertiary/aromatic N) is 1. The van der Waals surface area contributed by atoms with Crippen LogP contribution in [0.1, 0.15) is 43.5 Å². The number of halogens is 1. The van der Waals surface area contributed by atoms with Crippen molar-refractivity contribution in [1.29, 1.82) is 0 Å². The Balaban J connectivity index is 2.91. The molecule has 0 bridgehead atoms. The Hall–Kier alpha value is -1.29. The number of carboxylic acids is 1. The zero-order chi connectivity index (χ0) is 12.8. The lowest BCUT2D eigenvalue weighted by molar-refractivity contribution is 0.0697. The number of hydrogen-bond acceptors (Lipinski definition) is 3. The molecule has 0 saturated carbocycles. The molecule has 1 aromatic rings. The monoisotopic (exact) mass is 256 g/mol. The van der Waals surface area contributed by atoms with Crippen molar-refractivity contribution in [2.24, 2.45) is 0 Å². The number of hydrogen-bond donors (Lipinski definition) is 2. The van der Waals surface area contributed by atoms with E-state index in [0.29, 0.717) is 5.82 Å². The Morgan fingerprint density at radius 1 is 1.59 bits per heavy atom. The van der Waals surface area contributed by atoms with Gasteiger partial charge in [-0.05, 0) is 18.9 Å². The van der Waals surface area contributed by atoms with Gasteiger partial charge in [-0.1, -0.05) is 31.9 Å². The van der Waals surface area contributed by atoms with Crippen LogP contribution in [0.15, 0.2) is 12.3 Å². The highest BCUT2D eigenvalue weighted by Crippen LogP contribution is 2.25. The minimum absolute atomic E-state index is 0.0792. The number of aromatic carboxylic acids is 1. The van der Waals surface area contributed by atoms with Gasteiger partial charge in [-0.2, -0.15) is 0 Å². The Kier molecular flexibility index (Phi) is 5.22. The van der Waals surface area contributed by atoms with Crippen LogP contribution < -0.4 is 5.32 Å². The second kappa shape index (κ2) is 6.45. The van der Waals surface area contributed by atoms with Crippen molar-refractivity contribution in [3.8, 4) is 0 Å². The summed E-state index contributed by atoms with van der Waals surface area (Å²) in [5.41, 5.74) is 0.0792. The van der Waals surface area contributed by atoms with Crippen molar-refractivity contribution in [3.63, 3.8) is 0 Å². The van der Waals surface area contributed by atoms with Gasteiger partial charge in [0.1, 0.15) is 5.82 Å². The molecule has 1 aromatic heterocycles. The normalized spacial score (nSPS) is 12.2. The van der Waals surface area contributed by atoms with Crippen molar-refractivity contribution in [2.75, 3.05) is 5.32 Å². The summed E-state index contributed by atoms with van der Waals surface area (Å²) < 4.78 is 0. The van der Waals surface area contributed by atoms with Crippen molar-refractivity contribution in [1.82, 2.24) is 4.98 Å². The van der Waals surface area contributed by atoms with Crippen LogP contribution in [0.3, 0.4) is 0 Å². The second-order valence-electron chi connectivity index (χ2n) is 3.86. The zero-order valence-corrected chi connectivity index (χ0v) is 10.8. The number of aromatic nitrogens is 1. The molecule has 1 atom stereocenters. The molecule has 0 amide bonds. The lowest BCUT2D eigenvalue weighted by atomic mass is 10.1. The molecule has 1 heterocycles. The van der Waals surface area contributed by atoms with Gasteiger partial charge in [-0.25, -0.2) is 9.78 Å². The van der Waals surface area contributed by atoms with Crippen LogP contribution in [0.25, 0.3) is 0 Å². The summed E-state index contributed by atoms with van der Waals surface area (Å²) in [4.78, 5) is 15.0. The van der Waals surface area contributed by atoms with Crippen molar-refractivity contribution in [2.45, 2.75) is 39.2 Å². The van der Waals surface area contributed by atoms with Crippen LogP contribution in [0.2, 0.25) is 5.02 Å². The zero-order valence-electron chi connectivity index (χ0n) is 10.0. The van der Waals surface area contributed by atoms with Crippen LogP contribution in [-0.2, 0) is 0 Å². The summed E-state index contributed by atoms with van der Waals surface area (Å²) in [7, 11) is 0. The molecule has 0 spiro atoms. The first-order valence-electron chi connectivity index (χ1n) is 5.74. The molecular weight excluding hydrogens is 240 g/mol. The van der Waals surface area contributed by atoms with E-state index in [0.717, 1.165) is 19.3 Å². The fraction of sp³-hybridized carbons (Fsp3) is 0.500. The molecular formula is C12H17ClN2O2. The minimum Gasteiger partial charge on any atom is -0.478 e. The summed E-state index contributed by atoms with van der Waals surface area (Å²) in [5, 5.41) is 12.3. The molecule has 94 valence electrons. The summed E-state index contributed by atoms with van der Waals surface area (Å²) >= 11 is 6.00. The molecule has 0 radical (unpaired) electrons. The highest BCUT2D eigenvalue weighted by molar-refractivity contribution is 6.35. The average molecular weight is 257 g/mol. The van der Waals surface area contributed by atoms with E-state index in [4.69, 9.17) is 16.7 Å². The quantitative estimate of drug-likeness (QED) is 0.819. The Morgan fingerprint density at radius 3 is 2.82 bits per heavy atom. The lowest BCUT2D eigenvalue weighted by Gasteiger charge is -2.17. The largest absolute Gasteiger partial charge is 0.478 e. The maximum atomic E-state index is 10.9. The third kappa shape index (κ3) is 3.60. The first kappa shape index (κ1) is 13.8. The maximum absolute atomic E-state index is 10.9. The summed E-state index contributed by atoms with van der Waals surface area (Å²) in [5.74, 6) is -0.587. The third-order valence-electron chi connectivity index (χ3n) is 2.59. The minimum atomic E-state index is -1.04. The van der Waals surface area contributed by atoms with Crippen molar-refractivity contribution < 1.29 is 9.90 Å². The molecule has 0 saturated heterocycles. The standard InChI is InChI=1S/C12H17ClN2O2/c1-3-5-8(4-2)15-11-10(13)9(12(16)17)6-7-14-11/h6-8H,3-5H2,1-2H3,(H,14,15)(H,16,17). The SMILES string of the molecule is CCCC(CC)Nc1nccc(C(=O)O)c1Cl. The molecule has 0 aliphatic heterocycles. The fourth-order valence-electron chi connectivity index (χ4n) is 1.63. The summed E-state index contributed by atoms with van der Waals surface area (Å²) in [6.45, 7) is 4.18. The van der Waals surface area contributed by atoms with Gasteiger partial charge in [0.25, 0.3) is 0 Å². The van der Waals surface area contributed by atoms with Gasteiger partial charge >= 0.3 is 5.97 Å². The van der Waals surface area contributed by atoms with E-state index in [-0.39, 0.29) is 16.6 Å². The predicted octanol–water partition coefficient (Wildman–Crippen LogP) is 3.42. The Labute approximate surface area is 106 Å². The number of nitrogens with one attached hydrogen (secondary N) is 1. The second-order valence-corrected chi connectivity index (χ2v) is 4.24. The smallest absolute Gasteiger partial charge is 0.337 e. The first-order chi connectivity index (χ1) is 8.10. The molecule has 17 heavy (non-hydrogen) atoms. The van der Waals surface area contributed by atoms with Crippen molar-refractivity contribution in [3.05, 3.63) is 22.8 Å². The van der Waals surface area contributed by atoms with Crippen LogP contribution in [0.4, 0.5) is 5.82 Å². The van der Waals surface area contributed by atoms with E-state index in [1.807, 2.05) is 0 Å². The predicted molar refractivity (Wildman–Crippen MR) is 68.8 cm³/mol. The molecule has 0 aliphatic rings. The van der Waals surface area contributed by atoms with Gasteiger partial charge in [0.2, 0.25) is 0 Å². The number of anilines is 1. The molecule has 0 aromatic carbocycles. The Morgan fingerprint density at radius 2 is 2.29 bits per heavy atom. The van der Waals surface area contributed by atoms with Gasteiger partial charge in [0.15, 0.2) is 0 Å². The van der Waals surface area contributed by atoms with Gasteiger partial charge in [-0.3, -0.25) is 0 Å². The van der Waals surface area contributed by atoms with Gasteiger partial charge in [0.05, 0.1) is 10.6 Å². The molecule has 0 aliphatic carbocycles. The van der Waals surface area contributed by atoms with Crippen molar-refractivity contribution >= 4 is 23.4 Å². The highest BCUT2D eigenvalue weighted by atomic mass is 35.5. The van der Waals surface area contributed by atoms with Crippen LogP contribution in [-0.4, -0.2) is 22.1 Å². The number of rotatable bonds is 6. The molecule has 1 rings (SSSR count). The number of carboxylic acid groups (broad SMARTS) is 1. The third-order valence-corrected chi connectivity index (χ3v) is 2.97. The molecule has 2 N–H and O–H groups in total. The van der Waals surface area contributed by atoms with E-state index in [2.05, 4.69) is 24.1 Å². The number of carbonyl (C=O) groups is 1. The van der Waals surface area contributed by atoms with Gasteiger partial charge < -0.3 is 10.4 Å². The van der Waals surface area contributed by atoms with Gasteiger partial charge in [0, 0.05) is 12.2 Å². The molecule has 5 heteroatoms. The van der Waals surface area contributed by atoms with E-state index in [1.165, 1.54) is 12.3 Å². The van der Waals surface area contributed by atoms with E-state index in [1.54, 1.807) is 0 Å². The average Bonchev–Trinajstić information content (AvgIpc) is 2.30. The van der Waals surface area contributed by atoms with Crippen LogP contribution >= 0.6 is 11.6 Å². The molecule has 0 fully saturated rings. The summed E-state index contributed by atoms with van der Waals surface area (Å²) in [6.07, 6.45) is 4.47. The topological polar surface area (TPSA) is 62.2 Å². The Bertz CT molecular complexity index is 396.